The molecule has 0 spiro atoms. The third-order valence-corrected chi connectivity index (χ3v) is 4.19. The molecular weight excluding hydrogens is 206 g/mol. The molecule has 1 aliphatic rings. The molecule has 1 N–H and O–H groups in total. The fraction of sp³-hybridized carbons (Fsp3) is 0.625. The van der Waals surface area contributed by atoms with Crippen molar-refractivity contribution in [3.63, 3.8) is 0 Å². The van der Waals surface area contributed by atoms with Crippen LogP contribution in [0.25, 0.3) is 0 Å². The normalized spacial score (nSPS) is 19.3. The SMILES string of the molecule is CNC(CCC(C)C)C1(c2ccccc2)CC1. The number of hydrogen-bond donors (Lipinski definition) is 1. The van der Waals surface area contributed by atoms with Crippen molar-refractivity contribution in [2.45, 2.75) is 51.0 Å². The molecule has 94 valence electrons. The number of benzene rings is 1. The second kappa shape index (κ2) is 5.22. The molecule has 2 rings (SSSR count). The number of likely N-dealkylation sites (N-methyl/N-ethyl adjacent to an activating group) is 1. The van der Waals surface area contributed by atoms with Crippen LogP contribution in [0.1, 0.15) is 45.1 Å². The van der Waals surface area contributed by atoms with Gasteiger partial charge in [0.15, 0.2) is 0 Å². The summed E-state index contributed by atoms with van der Waals surface area (Å²) in [6.07, 6.45) is 5.31. The van der Waals surface area contributed by atoms with Gasteiger partial charge in [0.05, 0.1) is 0 Å². The lowest BCUT2D eigenvalue weighted by Gasteiger charge is -2.28. The monoisotopic (exact) mass is 231 g/mol. The topological polar surface area (TPSA) is 12.0 Å². The Kier molecular flexibility index (Phi) is 3.88. The zero-order chi connectivity index (χ0) is 12.3. The van der Waals surface area contributed by atoms with E-state index in [9.17, 15) is 0 Å². The van der Waals surface area contributed by atoms with Crippen molar-refractivity contribution in [3.05, 3.63) is 35.9 Å². The van der Waals surface area contributed by atoms with E-state index in [1.165, 1.54) is 31.2 Å². The zero-order valence-corrected chi connectivity index (χ0v) is 11.4. The minimum Gasteiger partial charge on any atom is -0.316 e. The van der Waals surface area contributed by atoms with Crippen molar-refractivity contribution < 1.29 is 0 Å². The molecule has 1 nitrogen and oxygen atoms in total. The van der Waals surface area contributed by atoms with Gasteiger partial charge < -0.3 is 5.32 Å². The molecule has 0 aliphatic heterocycles. The van der Waals surface area contributed by atoms with Crippen LogP contribution in [0.15, 0.2) is 30.3 Å². The molecule has 0 aromatic heterocycles. The van der Waals surface area contributed by atoms with E-state index in [-0.39, 0.29) is 0 Å². The van der Waals surface area contributed by atoms with Gasteiger partial charge in [-0.05, 0) is 44.2 Å². The van der Waals surface area contributed by atoms with Crippen LogP contribution in [0.2, 0.25) is 0 Å². The summed E-state index contributed by atoms with van der Waals surface area (Å²) in [5.74, 6) is 0.803. The van der Waals surface area contributed by atoms with Crippen molar-refractivity contribution >= 4 is 0 Å². The lowest BCUT2D eigenvalue weighted by Crippen LogP contribution is -2.38. The molecule has 0 amide bonds. The summed E-state index contributed by atoms with van der Waals surface area (Å²) in [7, 11) is 2.12. The Bertz CT molecular complexity index is 338. The summed E-state index contributed by atoms with van der Waals surface area (Å²) in [5.41, 5.74) is 1.97. The lowest BCUT2D eigenvalue weighted by atomic mass is 9.84. The smallest absolute Gasteiger partial charge is 0.0161 e. The van der Waals surface area contributed by atoms with E-state index in [0.29, 0.717) is 11.5 Å². The van der Waals surface area contributed by atoms with Crippen molar-refractivity contribution in [1.29, 1.82) is 0 Å². The van der Waals surface area contributed by atoms with Gasteiger partial charge in [-0.25, -0.2) is 0 Å². The van der Waals surface area contributed by atoms with Gasteiger partial charge in [-0.15, -0.1) is 0 Å². The van der Waals surface area contributed by atoms with Crippen LogP contribution < -0.4 is 5.32 Å². The molecule has 1 heteroatoms. The predicted molar refractivity (Wildman–Crippen MR) is 74.3 cm³/mol. The molecule has 1 atom stereocenters. The molecule has 0 saturated heterocycles. The average molecular weight is 231 g/mol. The van der Waals surface area contributed by atoms with Gasteiger partial charge in [0.2, 0.25) is 0 Å². The highest BCUT2D eigenvalue weighted by Gasteiger charge is 2.49. The molecule has 0 radical (unpaired) electrons. The van der Waals surface area contributed by atoms with Crippen LogP contribution in [0.5, 0.6) is 0 Å². The Morgan fingerprint density at radius 3 is 2.24 bits per heavy atom. The first kappa shape index (κ1) is 12.6. The van der Waals surface area contributed by atoms with Crippen molar-refractivity contribution in [2.24, 2.45) is 5.92 Å². The first-order valence-electron chi connectivity index (χ1n) is 6.92. The Balaban J connectivity index is 2.08. The minimum atomic E-state index is 0.435. The predicted octanol–water partition coefficient (Wildman–Crippen LogP) is 3.74. The maximum absolute atomic E-state index is 3.56. The highest BCUT2D eigenvalue weighted by atomic mass is 14.9. The first-order chi connectivity index (χ1) is 8.19. The van der Waals surface area contributed by atoms with Crippen LogP contribution in [-0.4, -0.2) is 13.1 Å². The molecule has 0 bridgehead atoms. The van der Waals surface area contributed by atoms with Crippen LogP contribution in [0, 0.1) is 5.92 Å². The quantitative estimate of drug-likeness (QED) is 0.786. The lowest BCUT2D eigenvalue weighted by molar-refractivity contribution is 0.383. The van der Waals surface area contributed by atoms with Gasteiger partial charge >= 0.3 is 0 Å². The van der Waals surface area contributed by atoms with E-state index in [0.717, 1.165) is 5.92 Å². The summed E-state index contributed by atoms with van der Waals surface area (Å²) in [6.45, 7) is 4.63. The number of hydrogen-bond acceptors (Lipinski definition) is 1. The molecule has 0 heterocycles. The summed E-state index contributed by atoms with van der Waals surface area (Å²) < 4.78 is 0. The van der Waals surface area contributed by atoms with Gasteiger partial charge in [0, 0.05) is 11.5 Å². The second-order valence-corrected chi connectivity index (χ2v) is 5.83. The third kappa shape index (κ3) is 2.71. The van der Waals surface area contributed by atoms with E-state index < -0.39 is 0 Å². The largest absolute Gasteiger partial charge is 0.316 e. The maximum atomic E-state index is 3.56. The molecule has 1 aliphatic carbocycles. The van der Waals surface area contributed by atoms with Gasteiger partial charge in [-0.2, -0.15) is 0 Å². The van der Waals surface area contributed by atoms with Crippen molar-refractivity contribution in [3.8, 4) is 0 Å². The maximum Gasteiger partial charge on any atom is 0.0161 e. The highest BCUT2D eigenvalue weighted by Crippen LogP contribution is 2.52. The second-order valence-electron chi connectivity index (χ2n) is 5.83. The van der Waals surface area contributed by atoms with E-state index in [4.69, 9.17) is 0 Å². The number of rotatable bonds is 6. The van der Waals surface area contributed by atoms with Gasteiger partial charge in [0.1, 0.15) is 0 Å². The Morgan fingerprint density at radius 2 is 1.76 bits per heavy atom. The fourth-order valence-electron chi connectivity index (χ4n) is 2.94. The molecule has 1 saturated carbocycles. The molecule has 1 aromatic carbocycles. The molecular formula is C16H25N. The van der Waals surface area contributed by atoms with E-state index in [1.807, 2.05) is 0 Å². The van der Waals surface area contributed by atoms with E-state index in [1.54, 1.807) is 0 Å². The fourth-order valence-corrected chi connectivity index (χ4v) is 2.94. The summed E-state index contributed by atoms with van der Waals surface area (Å²) >= 11 is 0. The highest BCUT2D eigenvalue weighted by molar-refractivity contribution is 5.33. The Labute approximate surface area is 106 Å². The van der Waals surface area contributed by atoms with Crippen LogP contribution >= 0.6 is 0 Å². The van der Waals surface area contributed by atoms with Crippen molar-refractivity contribution in [2.75, 3.05) is 7.05 Å². The first-order valence-corrected chi connectivity index (χ1v) is 6.92. The van der Waals surface area contributed by atoms with Gasteiger partial charge in [-0.1, -0.05) is 44.2 Å². The molecule has 1 unspecified atom stereocenters. The van der Waals surface area contributed by atoms with E-state index >= 15 is 0 Å². The molecule has 1 fully saturated rings. The van der Waals surface area contributed by atoms with Crippen LogP contribution in [0.3, 0.4) is 0 Å². The average Bonchev–Trinajstić information content (AvgIpc) is 3.12. The number of nitrogens with one attached hydrogen (secondary N) is 1. The molecule has 17 heavy (non-hydrogen) atoms. The minimum absolute atomic E-state index is 0.435. The van der Waals surface area contributed by atoms with Crippen LogP contribution in [-0.2, 0) is 5.41 Å². The third-order valence-electron chi connectivity index (χ3n) is 4.19. The van der Waals surface area contributed by atoms with Gasteiger partial charge in [-0.3, -0.25) is 0 Å². The standard InChI is InChI=1S/C16H25N/c1-13(2)9-10-15(17-3)16(11-12-16)14-7-5-4-6-8-14/h4-8,13,15,17H,9-12H2,1-3H3. The summed E-state index contributed by atoms with van der Waals surface area (Å²) in [4.78, 5) is 0. The molecule has 1 aromatic rings. The summed E-state index contributed by atoms with van der Waals surface area (Å²) in [5, 5.41) is 3.56. The van der Waals surface area contributed by atoms with Gasteiger partial charge in [0.25, 0.3) is 0 Å². The Morgan fingerprint density at radius 1 is 1.12 bits per heavy atom. The Hall–Kier alpha value is -0.820. The van der Waals surface area contributed by atoms with E-state index in [2.05, 4.69) is 56.5 Å². The van der Waals surface area contributed by atoms with Crippen LogP contribution in [0.4, 0.5) is 0 Å². The zero-order valence-electron chi connectivity index (χ0n) is 11.4. The summed E-state index contributed by atoms with van der Waals surface area (Å²) in [6, 6.07) is 11.7. The van der Waals surface area contributed by atoms with Crippen molar-refractivity contribution in [1.82, 2.24) is 5.32 Å².